The van der Waals surface area contributed by atoms with E-state index in [1.165, 1.54) is 0 Å². The molecule has 7 heteroatoms. The van der Waals surface area contributed by atoms with E-state index in [4.69, 9.17) is 22.4 Å². The monoisotopic (exact) mass is 383 g/mol. The number of nitrogens with zero attached hydrogens (tertiary/aromatic N) is 4. The highest BCUT2D eigenvalue weighted by atomic mass is 35.5. The number of piperidine rings is 1. The highest BCUT2D eigenvalue weighted by Crippen LogP contribution is 2.33. The van der Waals surface area contributed by atoms with Gasteiger partial charge in [-0.3, -0.25) is 14.7 Å². The van der Waals surface area contributed by atoms with Gasteiger partial charge in [-0.05, 0) is 56.3 Å². The van der Waals surface area contributed by atoms with Crippen LogP contribution < -0.4 is 5.73 Å². The van der Waals surface area contributed by atoms with Crippen molar-refractivity contribution in [1.82, 2.24) is 19.7 Å². The number of pyridine rings is 1. The summed E-state index contributed by atoms with van der Waals surface area (Å²) in [5.41, 5.74) is 8.50. The molecule has 2 aromatic heterocycles. The molecule has 1 aromatic carbocycles. The summed E-state index contributed by atoms with van der Waals surface area (Å²) in [7, 11) is 0. The molecule has 0 aliphatic carbocycles. The van der Waals surface area contributed by atoms with Crippen LogP contribution in [0.3, 0.4) is 0 Å². The molecular weight excluding hydrogens is 362 g/mol. The van der Waals surface area contributed by atoms with E-state index in [1.807, 2.05) is 47.4 Å². The first-order valence-corrected chi connectivity index (χ1v) is 9.56. The van der Waals surface area contributed by atoms with Crippen LogP contribution in [0.4, 0.5) is 0 Å². The van der Waals surface area contributed by atoms with Crippen LogP contribution in [0.15, 0.2) is 42.7 Å². The molecule has 0 bridgehead atoms. The van der Waals surface area contributed by atoms with Crippen molar-refractivity contribution in [2.75, 3.05) is 26.2 Å². The number of aromatic nitrogens is 3. The molecule has 4 rings (SSSR count). The zero-order chi connectivity index (χ0) is 18.8. The molecule has 3 aromatic rings. The van der Waals surface area contributed by atoms with E-state index in [9.17, 15) is 4.79 Å². The Morgan fingerprint density at radius 3 is 2.63 bits per heavy atom. The van der Waals surface area contributed by atoms with Gasteiger partial charge in [0.2, 0.25) is 0 Å². The van der Waals surface area contributed by atoms with Gasteiger partial charge in [0, 0.05) is 22.5 Å². The Balaban J connectivity index is 1.62. The number of halogens is 1. The fourth-order valence-corrected chi connectivity index (χ4v) is 3.87. The Morgan fingerprint density at radius 2 is 1.93 bits per heavy atom. The second-order valence-electron chi connectivity index (χ2n) is 6.96. The van der Waals surface area contributed by atoms with Crippen molar-refractivity contribution >= 4 is 28.3 Å². The molecule has 6 nitrogen and oxygen atoms in total. The van der Waals surface area contributed by atoms with E-state index in [0.717, 1.165) is 48.2 Å². The molecule has 0 saturated carbocycles. The van der Waals surface area contributed by atoms with Crippen molar-refractivity contribution in [3.8, 4) is 5.69 Å². The number of Topliss-reactive ketones (excluding diaryl/α,β-unsaturated/α-hetero) is 1. The van der Waals surface area contributed by atoms with Gasteiger partial charge in [-0.25, -0.2) is 4.68 Å². The van der Waals surface area contributed by atoms with E-state index < -0.39 is 0 Å². The van der Waals surface area contributed by atoms with Gasteiger partial charge < -0.3 is 5.73 Å². The number of carbonyl (C=O) groups is 1. The van der Waals surface area contributed by atoms with Crippen LogP contribution >= 0.6 is 11.6 Å². The molecule has 0 radical (unpaired) electrons. The van der Waals surface area contributed by atoms with Crippen molar-refractivity contribution in [2.24, 2.45) is 5.73 Å². The molecule has 0 amide bonds. The molecule has 140 valence electrons. The Labute approximate surface area is 162 Å². The van der Waals surface area contributed by atoms with Crippen LogP contribution in [-0.4, -0.2) is 51.6 Å². The van der Waals surface area contributed by atoms with Crippen molar-refractivity contribution in [3.63, 3.8) is 0 Å². The summed E-state index contributed by atoms with van der Waals surface area (Å²) in [6.07, 6.45) is 5.63. The average Bonchev–Trinajstić information content (AvgIpc) is 3.09. The smallest absolute Gasteiger partial charge is 0.160 e. The first kappa shape index (κ1) is 18.1. The largest absolute Gasteiger partial charge is 0.324 e. The number of ketones is 1. The number of likely N-dealkylation sites (tertiary alicyclic amines) is 1. The summed E-state index contributed by atoms with van der Waals surface area (Å²) in [5, 5.41) is 6.78. The number of fused-ring (bicyclic) bond motifs is 1. The molecule has 0 atom stereocenters. The van der Waals surface area contributed by atoms with E-state index in [-0.39, 0.29) is 12.3 Å². The van der Waals surface area contributed by atoms with Crippen molar-refractivity contribution in [1.29, 1.82) is 0 Å². The summed E-state index contributed by atoms with van der Waals surface area (Å²) in [6, 6.07) is 9.70. The van der Waals surface area contributed by atoms with Gasteiger partial charge in [0.25, 0.3) is 0 Å². The van der Waals surface area contributed by atoms with Gasteiger partial charge in [-0.2, -0.15) is 5.10 Å². The van der Waals surface area contributed by atoms with Crippen molar-refractivity contribution < 1.29 is 4.79 Å². The Morgan fingerprint density at radius 1 is 1.19 bits per heavy atom. The minimum atomic E-state index is 0.0944. The molecule has 2 N–H and O–H groups in total. The summed E-state index contributed by atoms with van der Waals surface area (Å²) in [4.78, 5) is 18.1. The van der Waals surface area contributed by atoms with Crippen LogP contribution in [0.5, 0.6) is 0 Å². The second-order valence-corrected chi connectivity index (χ2v) is 7.40. The minimum absolute atomic E-state index is 0.0944. The maximum absolute atomic E-state index is 11.6. The summed E-state index contributed by atoms with van der Waals surface area (Å²) >= 11 is 6.03. The number of hydrogen-bond acceptors (Lipinski definition) is 5. The number of carbonyl (C=O) groups excluding carboxylic acids is 1. The molecule has 27 heavy (non-hydrogen) atoms. The second kappa shape index (κ2) is 7.76. The van der Waals surface area contributed by atoms with Gasteiger partial charge in [-0.15, -0.1) is 0 Å². The Bertz CT molecular complexity index is 945. The first-order valence-electron chi connectivity index (χ1n) is 9.18. The van der Waals surface area contributed by atoms with Gasteiger partial charge in [0.1, 0.15) is 0 Å². The van der Waals surface area contributed by atoms with Gasteiger partial charge >= 0.3 is 0 Å². The van der Waals surface area contributed by atoms with Crippen LogP contribution in [0.2, 0.25) is 5.02 Å². The number of hydrogen-bond donors (Lipinski definition) is 1. The normalized spacial score (nSPS) is 16.1. The van der Waals surface area contributed by atoms with Crippen LogP contribution in [0, 0.1) is 0 Å². The molecule has 0 spiro atoms. The predicted molar refractivity (Wildman–Crippen MR) is 106 cm³/mol. The predicted octanol–water partition coefficient (Wildman–Crippen LogP) is 2.78. The van der Waals surface area contributed by atoms with Gasteiger partial charge in [0.05, 0.1) is 36.2 Å². The molecular formula is C20H22ClN5O. The topological polar surface area (TPSA) is 77.0 Å². The fourth-order valence-electron chi connectivity index (χ4n) is 3.75. The van der Waals surface area contributed by atoms with Crippen LogP contribution in [0.1, 0.15) is 24.5 Å². The zero-order valence-corrected chi connectivity index (χ0v) is 15.8. The van der Waals surface area contributed by atoms with E-state index in [0.29, 0.717) is 17.5 Å². The summed E-state index contributed by atoms with van der Waals surface area (Å²) in [5.74, 6) is 0.463. The van der Waals surface area contributed by atoms with Crippen LogP contribution in [0.25, 0.3) is 16.6 Å². The average molecular weight is 384 g/mol. The Hall–Kier alpha value is -2.28. The SMILES string of the molecule is NCC(=O)CN1CCC(c2nn(-c3ccc(Cl)cc3)c3cnccc23)CC1. The quantitative estimate of drug-likeness (QED) is 0.733. The van der Waals surface area contributed by atoms with E-state index in [2.05, 4.69) is 9.88 Å². The van der Waals surface area contributed by atoms with Crippen LogP contribution in [-0.2, 0) is 4.79 Å². The lowest BCUT2D eigenvalue weighted by molar-refractivity contribution is -0.119. The lowest BCUT2D eigenvalue weighted by Crippen LogP contribution is -2.38. The summed E-state index contributed by atoms with van der Waals surface area (Å²) < 4.78 is 1.94. The number of nitrogens with two attached hydrogens (primary N) is 1. The minimum Gasteiger partial charge on any atom is -0.324 e. The zero-order valence-electron chi connectivity index (χ0n) is 15.0. The van der Waals surface area contributed by atoms with Crippen molar-refractivity contribution in [2.45, 2.75) is 18.8 Å². The Kier molecular flexibility index (Phi) is 5.20. The third kappa shape index (κ3) is 3.74. The standard InChI is InChI=1S/C20H22ClN5O/c21-15-1-3-16(4-2-15)26-19-12-23-8-5-18(19)20(24-26)14-6-9-25(10-7-14)13-17(27)11-22/h1-5,8,12,14H,6-7,9-11,13,22H2. The highest BCUT2D eigenvalue weighted by Gasteiger charge is 2.26. The molecule has 0 unspecified atom stereocenters. The molecule has 1 aliphatic heterocycles. The fraction of sp³-hybridized carbons (Fsp3) is 0.350. The lowest BCUT2D eigenvalue weighted by atomic mass is 9.92. The van der Waals surface area contributed by atoms with Crippen molar-refractivity contribution in [3.05, 3.63) is 53.4 Å². The maximum Gasteiger partial charge on any atom is 0.160 e. The van der Waals surface area contributed by atoms with E-state index >= 15 is 0 Å². The highest BCUT2D eigenvalue weighted by molar-refractivity contribution is 6.30. The molecule has 1 fully saturated rings. The molecule has 1 aliphatic rings. The number of benzene rings is 1. The maximum atomic E-state index is 11.6. The first-order chi connectivity index (χ1) is 13.2. The summed E-state index contributed by atoms with van der Waals surface area (Å²) in [6.45, 7) is 2.34. The molecule has 1 saturated heterocycles. The van der Waals surface area contributed by atoms with Gasteiger partial charge in [0.15, 0.2) is 5.78 Å². The third-order valence-electron chi connectivity index (χ3n) is 5.19. The number of rotatable bonds is 5. The molecule has 3 heterocycles. The lowest BCUT2D eigenvalue weighted by Gasteiger charge is -2.30. The van der Waals surface area contributed by atoms with Gasteiger partial charge in [-0.1, -0.05) is 11.6 Å². The van der Waals surface area contributed by atoms with E-state index in [1.54, 1.807) is 0 Å². The third-order valence-corrected chi connectivity index (χ3v) is 5.44.